The van der Waals surface area contributed by atoms with Crippen molar-refractivity contribution < 1.29 is 31.8 Å². The average Bonchev–Trinajstić information content (AvgIpc) is 2.81. The molecule has 0 bridgehead atoms. The lowest BCUT2D eigenvalue weighted by molar-refractivity contribution is -0.140. The van der Waals surface area contributed by atoms with Crippen LogP contribution >= 0.6 is 0 Å². The Morgan fingerprint density at radius 1 is 0.882 bits per heavy atom. The minimum Gasteiger partial charge on any atom is -0.429 e. The van der Waals surface area contributed by atoms with Crippen LogP contribution in [-0.4, -0.2) is 12.6 Å². The summed E-state index contributed by atoms with van der Waals surface area (Å²) >= 11 is 0. The van der Waals surface area contributed by atoms with Gasteiger partial charge in [0.15, 0.2) is 17.4 Å². The van der Waals surface area contributed by atoms with Crippen LogP contribution in [0.1, 0.15) is 71.1 Å². The summed E-state index contributed by atoms with van der Waals surface area (Å²) in [7, 11) is 0. The van der Waals surface area contributed by atoms with E-state index in [1.54, 1.807) is 0 Å². The second-order valence-electron chi connectivity index (χ2n) is 10.3. The van der Waals surface area contributed by atoms with E-state index < -0.39 is 30.0 Å². The highest BCUT2D eigenvalue weighted by molar-refractivity contribution is 5.75. The number of allylic oxidation sites excluding steroid dienone is 2. The third-order valence-corrected chi connectivity index (χ3v) is 8.33. The molecule has 4 atom stereocenters. The predicted molar refractivity (Wildman–Crippen MR) is 121 cm³/mol. The van der Waals surface area contributed by atoms with E-state index in [-0.39, 0.29) is 11.7 Å². The SMILES string of the molecule is C/C=C/C1CCC2CC(C3CCC(C(=O)Oc4cc(F)c(OC(F)F)c(F)c4)CC3)CCC2C1. The maximum Gasteiger partial charge on any atom is 0.387 e. The lowest BCUT2D eigenvalue weighted by Gasteiger charge is -2.45. The van der Waals surface area contributed by atoms with Crippen molar-refractivity contribution in [2.45, 2.75) is 77.7 Å². The van der Waals surface area contributed by atoms with E-state index in [0.29, 0.717) is 30.9 Å². The molecule has 3 fully saturated rings. The smallest absolute Gasteiger partial charge is 0.387 e. The molecule has 1 aromatic carbocycles. The van der Waals surface area contributed by atoms with Crippen LogP contribution in [-0.2, 0) is 4.79 Å². The van der Waals surface area contributed by atoms with Crippen molar-refractivity contribution in [1.82, 2.24) is 0 Å². The van der Waals surface area contributed by atoms with Crippen LogP contribution in [0, 0.1) is 47.1 Å². The first-order chi connectivity index (χ1) is 16.3. The van der Waals surface area contributed by atoms with Crippen molar-refractivity contribution in [1.29, 1.82) is 0 Å². The van der Waals surface area contributed by atoms with Gasteiger partial charge in [-0.1, -0.05) is 12.2 Å². The van der Waals surface area contributed by atoms with Crippen LogP contribution in [0.3, 0.4) is 0 Å². The summed E-state index contributed by atoms with van der Waals surface area (Å²) in [5, 5.41) is 0. The Kier molecular flexibility index (Phi) is 8.20. The summed E-state index contributed by atoms with van der Waals surface area (Å²) in [6.07, 6.45) is 15.7. The van der Waals surface area contributed by atoms with Gasteiger partial charge in [0.05, 0.1) is 5.92 Å². The molecule has 0 radical (unpaired) electrons. The van der Waals surface area contributed by atoms with E-state index in [9.17, 15) is 22.4 Å². The van der Waals surface area contributed by atoms with E-state index in [4.69, 9.17) is 4.74 Å². The molecule has 3 aliphatic carbocycles. The van der Waals surface area contributed by atoms with Crippen molar-refractivity contribution in [3.8, 4) is 11.5 Å². The van der Waals surface area contributed by atoms with E-state index in [0.717, 1.165) is 36.5 Å². The van der Waals surface area contributed by atoms with Gasteiger partial charge < -0.3 is 9.47 Å². The van der Waals surface area contributed by atoms with Crippen molar-refractivity contribution in [3.05, 3.63) is 35.9 Å². The number of hydrogen-bond donors (Lipinski definition) is 0. The van der Waals surface area contributed by atoms with Gasteiger partial charge in [0.2, 0.25) is 0 Å². The molecule has 0 aliphatic heterocycles. The molecule has 0 N–H and O–H groups in total. The number of esters is 1. The van der Waals surface area contributed by atoms with E-state index in [1.165, 1.54) is 38.5 Å². The van der Waals surface area contributed by atoms with Gasteiger partial charge in [-0.2, -0.15) is 8.78 Å². The van der Waals surface area contributed by atoms with Crippen LogP contribution in [0.4, 0.5) is 17.6 Å². The fourth-order valence-corrected chi connectivity index (χ4v) is 6.66. The zero-order valence-electron chi connectivity index (χ0n) is 19.7. The zero-order chi connectivity index (χ0) is 24.2. The molecule has 188 valence electrons. The topological polar surface area (TPSA) is 35.5 Å². The van der Waals surface area contributed by atoms with Crippen LogP contribution in [0.25, 0.3) is 0 Å². The highest BCUT2D eigenvalue weighted by Crippen LogP contribution is 2.49. The Morgan fingerprint density at radius 2 is 1.44 bits per heavy atom. The van der Waals surface area contributed by atoms with Crippen LogP contribution in [0.2, 0.25) is 0 Å². The third-order valence-electron chi connectivity index (χ3n) is 8.33. The molecule has 0 amide bonds. The monoisotopic (exact) mass is 482 g/mol. The van der Waals surface area contributed by atoms with Crippen LogP contribution < -0.4 is 9.47 Å². The first kappa shape index (κ1) is 25.1. The lowest BCUT2D eigenvalue weighted by atomic mass is 9.61. The number of ether oxygens (including phenoxy) is 2. The third kappa shape index (κ3) is 5.95. The molecular formula is C27H34F4O3. The standard InChI is InChI=1S/C27H34F4O3/c1-2-3-16-4-5-21-13-20(11-10-19(21)12-16)17-6-8-18(9-7-17)26(32)33-22-14-23(28)25(24(29)15-22)34-27(30)31/h2-3,14-21,27H,4-13H2,1H3/b3-2+. The fraction of sp³-hybridized carbons (Fsp3) is 0.667. The summed E-state index contributed by atoms with van der Waals surface area (Å²) in [5.74, 6) is -1.22. The highest BCUT2D eigenvalue weighted by Gasteiger charge is 2.39. The molecule has 0 saturated heterocycles. The minimum absolute atomic E-state index is 0.313. The summed E-state index contributed by atoms with van der Waals surface area (Å²) in [5.41, 5.74) is 0. The van der Waals surface area contributed by atoms with Gasteiger partial charge in [0.1, 0.15) is 5.75 Å². The number of carbonyl (C=O) groups is 1. The number of fused-ring (bicyclic) bond motifs is 1. The van der Waals surface area contributed by atoms with Crippen molar-refractivity contribution in [2.24, 2.45) is 35.5 Å². The molecular weight excluding hydrogens is 448 g/mol. The molecule has 34 heavy (non-hydrogen) atoms. The quantitative estimate of drug-likeness (QED) is 0.180. The fourth-order valence-electron chi connectivity index (χ4n) is 6.66. The Morgan fingerprint density at radius 3 is 2.06 bits per heavy atom. The molecule has 0 spiro atoms. The number of alkyl halides is 2. The van der Waals surface area contributed by atoms with Gasteiger partial charge >= 0.3 is 12.6 Å². The number of rotatable bonds is 6. The van der Waals surface area contributed by atoms with Gasteiger partial charge in [0.25, 0.3) is 0 Å². The first-order valence-corrected chi connectivity index (χ1v) is 12.6. The molecule has 1 aromatic rings. The second-order valence-corrected chi connectivity index (χ2v) is 10.3. The second kappa shape index (κ2) is 11.1. The minimum atomic E-state index is -3.35. The number of carbonyl (C=O) groups excluding carboxylic acids is 1. The maximum absolute atomic E-state index is 13.9. The molecule has 3 nitrogen and oxygen atoms in total. The normalized spacial score (nSPS) is 31.9. The van der Waals surface area contributed by atoms with Crippen molar-refractivity contribution in [2.75, 3.05) is 0 Å². The van der Waals surface area contributed by atoms with Crippen LogP contribution in [0.5, 0.6) is 11.5 Å². The number of halogens is 4. The molecule has 4 rings (SSSR count). The van der Waals surface area contributed by atoms with Gasteiger partial charge in [-0.05, 0) is 101 Å². The molecule has 0 aromatic heterocycles. The zero-order valence-corrected chi connectivity index (χ0v) is 19.7. The number of benzene rings is 1. The molecule has 3 aliphatic rings. The Hall–Kier alpha value is -2.05. The molecule has 7 heteroatoms. The van der Waals surface area contributed by atoms with Crippen molar-refractivity contribution in [3.63, 3.8) is 0 Å². The van der Waals surface area contributed by atoms with Crippen LogP contribution in [0.15, 0.2) is 24.3 Å². The summed E-state index contributed by atoms with van der Waals surface area (Å²) in [4.78, 5) is 12.6. The Labute approximate surface area is 198 Å². The van der Waals surface area contributed by atoms with Crippen molar-refractivity contribution >= 4 is 5.97 Å². The van der Waals surface area contributed by atoms with E-state index >= 15 is 0 Å². The first-order valence-electron chi connectivity index (χ1n) is 12.6. The summed E-state index contributed by atoms with van der Waals surface area (Å²) in [6, 6.07) is 1.40. The van der Waals surface area contributed by atoms with E-state index in [2.05, 4.69) is 23.8 Å². The number of hydrogen-bond acceptors (Lipinski definition) is 3. The maximum atomic E-state index is 13.9. The predicted octanol–water partition coefficient (Wildman–Crippen LogP) is 7.69. The van der Waals surface area contributed by atoms with Gasteiger partial charge in [-0.25, -0.2) is 8.78 Å². The average molecular weight is 483 g/mol. The summed E-state index contributed by atoms with van der Waals surface area (Å²) < 4.78 is 61.4. The van der Waals surface area contributed by atoms with Gasteiger partial charge in [-0.15, -0.1) is 0 Å². The largest absolute Gasteiger partial charge is 0.429 e. The highest BCUT2D eigenvalue weighted by atomic mass is 19.3. The van der Waals surface area contributed by atoms with Gasteiger partial charge in [0, 0.05) is 12.1 Å². The lowest BCUT2D eigenvalue weighted by Crippen LogP contribution is -2.35. The Balaban J connectivity index is 1.26. The summed E-state index contributed by atoms with van der Waals surface area (Å²) in [6.45, 7) is -1.25. The van der Waals surface area contributed by atoms with E-state index in [1.807, 2.05) is 0 Å². The molecule has 3 saturated carbocycles. The Bertz CT molecular complexity index is 856. The molecule has 0 heterocycles. The van der Waals surface area contributed by atoms with Gasteiger partial charge in [-0.3, -0.25) is 4.79 Å². The molecule has 4 unspecified atom stereocenters.